The zero-order chi connectivity index (χ0) is 25.7. The molecule has 1 nitrogen and oxygen atoms in total. The summed E-state index contributed by atoms with van der Waals surface area (Å²) in [5.41, 5.74) is 1.05. The summed E-state index contributed by atoms with van der Waals surface area (Å²) in [7, 11) is 0. The maximum Gasteiger partial charge on any atom is 0.387 e. The third kappa shape index (κ3) is 6.37. The summed E-state index contributed by atoms with van der Waals surface area (Å²) in [6.45, 7) is -1.12. The topological polar surface area (TPSA) is 9.23 Å². The zero-order valence-electron chi connectivity index (χ0n) is 20.6. The molecule has 0 bridgehead atoms. The largest absolute Gasteiger partial charge is 0.429 e. The Morgan fingerprint density at radius 3 is 2.14 bits per heavy atom. The molecule has 194 valence electrons. The quantitative estimate of drug-likeness (QED) is 0.197. The highest BCUT2D eigenvalue weighted by atomic mass is 19.3. The van der Waals surface area contributed by atoms with Crippen LogP contribution in [0.2, 0.25) is 0 Å². The minimum absolute atomic E-state index is 0.00709. The second-order valence-corrected chi connectivity index (χ2v) is 10.1. The molecule has 0 saturated heterocycles. The van der Waals surface area contributed by atoms with Crippen LogP contribution in [0.15, 0.2) is 42.5 Å². The van der Waals surface area contributed by atoms with E-state index in [1.165, 1.54) is 57.4 Å². The molecule has 6 heteroatoms. The van der Waals surface area contributed by atoms with Crippen LogP contribution in [0, 0.1) is 29.3 Å². The van der Waals surface area contributed by atoms with Crippen molar-refractivity contribution in [1.82, 2.24) is 0 Å². The molecule has 4 rings (SSSR count). The minimum Gasteiger partial charge on any atom is -0.429 e. The fourth-order valence-corrected chi connectivity index (χ4v) is 5.50. The van der Waals surface area contributed by atoms with Crippen molar-refractivity contribution in [3.63, 3.8) is 0 Å². The summed E-state index contributed by atoms with van der Waals surface area (Å²) < 4.78 is 72.3. The molecular weight excluding hydrogens is 471 g/mol. The van der Waals surface area contributed by atoms with E-state index in [0.717, 1.165) is 42.4 Å². The molecule has 0 aliphatic heterocycles. The Kier molecular flexibility index (Phi) is 8.86. The minimum atomic E-state index is -3.36. The normalized spacial score (nSPS) is 18.2. The zero-order valence-corrected chi connectivity index (χ0v) is 20.6. The molecule has 1 saturated carbocycles. The second-order valence-electron chi connectivity index (χ2n) is 10.1. The lowest BCUT2D eigenvalue weighted by molar-refractivity contribution is -0.0546. The lowest BCUT2D eigenvalue weighted by atomic mass is 9.77. The predicted molar refractivity (Wildman–Crippen MR) is 134 cm³/mol. The molecule has 1 aliphatic rings. The van der Waals surface area contributed by atoms with Gasteiger partial charge in [0.05, 0.1) is 0 Å². The molecule has 0 unspecified atom stereocenters. The van der Waals surface area contributed by atoms with Crippen LogP contribution >= 0.6 is 0 Å². The van der Waals surface area contributed by atoms with Gasteiger partial charge in [0, 0.05) is 10.9 Å². The first kappa shape index (κ1) is 26.4. The predicted octanol–water partition coefficient (Wildman–Crippen LogP) is 9.84. The molecule has 3 aromatic carbocycles. The second kappa shape index (κ2) is 12.1. The Balaban J connectivity index is 1.42. The van der Waals surface area contributed by atoms with E-state index < -0.39 is 29.8 Å². The molecule has 3 aromatic rings. The molecule has 0 amide bonds. The number of unbranched alkanes of at least 4 members (excludes halogenated alkanes) is 2. The van der Waals surface area contributed by atoms with Gasteiger partial charge in [-0.1, -0.05) is 88.6 Å². The van der Waals surface area contributed by atoms with Gasteiger partial charge in [-0.25, -0.2) is 13.2 Å². The summed E-state index contributed by atoms with van der Waals surface area (Å²) in [5.74, 6) is -2.78. The van der Waals surface area contributed by atoms with E-state index in [-0.39, 0.29) is 11.1 Å². The highest BCUT2D eigenvalue weighted by Crippen LogP contribution is 2.36. The Bertz CT molecular complexity index is 1140. The Hall–Kier alpha value is -2.63. The summed E-state index contributed by atoms with van der Waals surface area (Å²) in [6.07, 6.45) is 12.6. The van der Waals surface area contributed by atoms with Gasteiger partial charge < -0.3 is 4.74 Å². The van der Waals surface area contributed by atoms with Crippen molar-refractivity contribution in [2.45, 2.75) is 77.7 Å². The monoisotopic (exact) mass is 504 g/mol. The van der Waals surface area contributed by atoms with Gasteiger partial charge in [-0.2, -0.15) is 8.78 Å². The van der Waals surface area contributed by atoms with E-state index in [1.54, 1.807) is 12.1 Å². The molecule has 1 fully saturated rings. The van der Waals surface area contributed by atoms with E-state index in [9.17, 15) is 17.6 Å². The Labute approximate surface area is 209 Å². The maximum atomic E-state index is 15.3. The van der Waals surface area contributed by atoms with Crippen molar-refractivity contribution in [3.8, 4) is 16.9 Å². The lowest BCUT2D eigenvalue weighted by Crippen LogP contribution is -2.15. The summed E-state index contributed by atoms with van der Waals surface area (Å²) in [5, 5.41) is 1.06. The number of rotatable bonds is 10. The number of hydrogen-bond acceptors (Lipinski definition) is 1. The number of alkyl halides is 2. The third-order valence-corrected chi connectivity index (χ3v) is 7.56. The number of aryl methyl sites for hydroxylation is 1. The summed E-state index contributed by atoms with van der Waals surface area (Å²) in [6, 6.07) is 10.4. The van der Waals surface area contributed by atoms with Crippen molar-refractivity contribution in [2.75, 3.05) is 0 Å². The van der Waals surface area contributed by atoms with E-state index in [0.29, 0.717) is 10.8 Å². The number of hydrogen-bond donors (Lipinski definition) is 0. The highest BCUT2D eigenvalue weighted by molar-refractivity contribution is 5.88. The van der Waals surface area contributed by atoms with Gasteiger partial charge in [0.15, 0.2) is 17.4 Å². The van der Waals surface area contributed by atoms with Crippen LogP contribution in [-0.2, 0) is 6.42 Å². The van der Waals surface area contributed by atoms with E-state index in [2.05, 4.69) is 11.7 Å². The van der Waals surface area contributed by atoms with Gasteiger partial charge in [-0.05, 0) is 53.3 Å². The molecule has 0 radical (unpaired) electrons. The smallest absolute Gasteiger partial charge is 0.387 e. The van der Waals surface area contributed by atoms with Crippen molar-refractivity contribution in [2.24, 2.45) is 11.8 Å². The van der Waals surface area contributed by atoms with Gasteiger partial charge in [-0.15, -0.1) is 0 Å². The van der Waals surface area contributed by atoms with Gasteiger partial charge in [-0.3, -0.25) is 0 Å². The van der Waals surface area contributed by atoms with E-state index in [4.69, 9.17) is 0 Å². The molecule has 0 heterocycles. The average Bonchev–Trinajstić information content (AvgIpc) is 2.86. The SMILES string of the molecule is CCCCCC1CCC(CCc2ccc3c(F)c(-c4cc(F)c(OC(F)F)c(F)c4)ccc3c2)CC1. The first-order valence-corrected chi connectivity index (χ1v) is 13.0. The fraction of sp³-hybridized carbons (Fsp3) is 0.467. The number of fused-ring (bicyclic) bond motifs is 1. The third-order valence-electron chi connectivity index (χ3n) is 7.56. The molecule has 0 spiro atoms. The van der Waals surface area contributed by atoms with Crippen molar-refractivity contribution in [3.05, 3.63) is 65.5 Å². The lowest BCUT2D eigenvalue weighted by Gasteiger charge is -2.28. The fourth-order valence-electron chi connectivity index (χ4n) is 5.50. The van der Waals surface area contributed by atoms with Crippen molar-refractivity contribution < 1.29 is 26.7 Å². The van der Waals surface area contributed by atoms with Gasteiger partial charge in [0.25, 0.3) is 0 Å². The first-order chi connectivity index (χ1) is 17.4. The van der Waals surface area contributed by atoms with Crippen LogP contribution in [0.4, 0.5) is 22.0 Å². The Morgan fingerprint density at radius 1 is 0.833 bits per heavy atom. The summed E-state index contributed by atoms with van der Waals surface area (Å²) in [4.78, 5) is 0. The van der Waals surface area contributed by atoms with Crippen LogP contribution in [0.3, 0.4) is 0 Å². The van der Waals surface area contributed by atoms with Gasteiger partial charge in [0.1, 0.15) is 5.82 Å². The van der Waals surface area contributed by atoms with Crippen LogP contribution < -0.4 is 4.74 Å². The number of ether oxygens (including phenoxy) is 1. The van der Waals surface area contributed by atoms with Crippen LogP contribution in [0.25, 0.3) is 21.9 Å². The van der Waals surface area contributed by atoms with Crippen LogP contribution in [-0.4, -0.2) is 6.61 Å². The van der Waals surface area contributed by atoms with E-state index >= 15 is 4.39 Å². The average molecular weight is 505 g/mol. The molecule has 0 aromatic heterocycles. The number of halogens is 5. The summed E-state index contributed by atoms with van der Waals surface area (Å²) >= 11 is 0. The maximum absolute atomic E-state index is 15.3. The van der Waals surface area contributed by atoms with E-state index in [1.807, 2.05) is 12.1 Å². The van der Waals surface area contributed by atoms with Crippen LogP contribution in [0.5, 0.6) is 5.75 Å². The molecule has 0 N–H and O–H groups in total. The Morgan fingerprint density at radius 2 is 1.50 bits per heavy atom. The first-order valence-electron chi connectivity index (χ1n) is 13.0. The van der Waals surface area contributed by atoms with Crippen LogP contribution in [0.1, 0.15) is 70.3 Å². The molecule has 36 heavy (non-hydrogen) atoms. The molecule has 0 atom stereocenters. The molecule has 1 aliphatic carbocycles. The standard InChI is InChI=1S/C30H33F5O/c1-2-3-4-5-19-6-8-20(9-7-19)10-11-21-12-14-24-22(16-21)13-15-25(28(24)33)23-17-26(31)29(27(32)18-23)36-30(34)35/h12-20,30H,2-11H2,1H3. The highest BCUT2D eigenvalue weighted by Gasteiger charge is 2.21. The van der Waals surface area contributed by atoms with Gasteiger partial charge >= 0.3 is 6.61 Å². The van der Waals surface area contributed by atoms with Gasteiger partial charge in [0.2, 0.25) is 0 Å². The molecular formula is C30H33F5O. The number of benzene rings is 3. The van der Waals surface area contributed by atoms with Crippen molar-refractivity contribution >= 4 is 10.8 Å². The van der Waals surface area contributed by atoms with Crippen molar-refractivity contribution in [1.29, 1.82) is 0 Å².